The van der Waals surface area contributed by atoms with Crippen molar-refractivity contribution in [1.29, 1.82) is 0 Å². The molecule has 1 aromatic heterocycles. The molecule has 1 amide bonds. The molecular weight excluding hydrogens is 361 g/mol. The first-order valence-corrected chi connectivity index (χ1v) is 10.1. The van der Waals surface area contributed by atoms with Crippen molar-refractivity contribution >= 4 is 38.9 Å². The zero-order chi connectivity index (χ0) is 17.0. The molecule has 0 unspecified atom stereocenters. The Balaban J connectivity index is 1.84. The molecule has 128 valence electrons. The van der Waals surface area contributed by atoms with Crippen LogP contribution >= 0.6 is 23.2 Å². The molecule has 0 aromatic carbocycles. The molecule has 1 fully saturated rings. The van der Waals surface area contributed by atoms with Crippen molar-refractivity contribution in [3.05, 3.63) is 28.0 Å². The molecular formula is C14H19Cl2N3O3S. The van der Waals surface area contributed by atoms with Gasteiger partial charge in [0.2, 0.25) is 0 Å². The van der Waals surface area contributed by atoms with Crippen LogP contribution in [0.15, 0.2) is 12.1 Å². The first-order valence-electron chi connectivity index (χ1n) is 7.27. The number of amides is 1. The van der Waals surface area contributed by atoms with Gasteiger partial charge in [-0.1, -0.05) is 23.2 Å². The molecule has 1 N–H and O–H groups in total. The van der Waals surface area contributed by atoms with Crippen LogP contribution in [0, 0.1) is 0 Å². The molecule has 0 radical (unpaired) electrons. The third-order valence-corrected chi connectivity index (χ3v) is 5.17. The zero-order valence-electron chi connectivity index (χ0n) is 12.8. The van der Waals surface area contributed by atoms with Gasteiger partial charge in [0.15, 0.2) is 0 Å². The smallest absolute Gasteiger partial charge is 0.271 e. The Morgan fingerprint density at radius 2 is 2.00 bits per heavy atom. The van der Waals surface area contributed by atoms with E-state index >= 15 is 0 Å². The quantitative estimate of drug-likeness (QED) is 0.786. The predicted molar refractivity (Wildman–Crippen MR) is 90.9 cm³/mol. The molecule has 1 aromatic rings. The average molecular weight is 380 g/mol. The Labute approximate surface area is 146 Å². The van der Waals surface area contributed by atoms with Crippen molar-refractivity contribution in [3.63, 3.8) is 0 Å². The highest BCUT2D eigenvalue weighted by Gasteiger charge is 2.23. The summed E-state index contributed by atoms with van der Waals surface area (Å²) >= 11 is 11.8. The normalized spacial score (nSPS) is 17.2. The number of hydrogen-bond acceptors (Lipinski definition) is 5. The Kier molecular flexibility index (Phi) is 6.25. The van der Waals surface area contributed by atoms with Crippen molar-refractivity contribution in [1.82, 2.24) is 15.2 Å². The average Bonchev–Trinajstić information content (AvgIpc) is 2.48. The number of nitrogens with zero attached hydrogens (tertiary/aromatic N) is 2. The van der Waals surface area contributed by atoms with Crippen molar-refractivity contribution in [3.8, 4) is 0 Å². The summed E-state index contributed by atoms with van der Waals surface area (Å²) in [5.41, 5.74) is 0.124. The molecule has 0 spiro atoms. The number of piperidine rings is 1. The fraction of sp³-hybridized carbons (Fsp3) is 0.571. The van der Waals surface area contributed by atoms with Gasteiger partial charge in [0, 0.05) is 31.9 Å². The largest absolute Gasteiger partial charge is 0.348 e. The Morgan fingerprint density at radius 1 is 1.35 bits per heavy atom. The second-order valence-corrected chi connectivity index (χ2v) is 8.74. The SMILES string of the molecule is CS(=O)(=O)CCN1CCC(NC(=O)c2nc(Cl)ccc2Cl)CC1. The van der Waals surface area contributed by atoms with Gasteiger partial charge in [0.25, 0.3) is 5.91 Å². The van der Waals surface area contributed by atoms with Crippen LogP contribution in [0.4, 0.5) is 0 Å². The van der Waals surface area contributed by atoms with Gasteiger partial charge in [-0.2, -0.15) is 0 Å². The lowest BCUT2D eigenvalue weighted by Gasteiger charge is -2.32. The summed E-state index contributed by atoms with van der Waals surface area (Å²) in [6, 6.07) is 3.09. The summed E-state index contributed by atoms with van der Waals surface area (Å²) in [5.74, 6) is -0.182. The number of pyridine rings is 1. The van der Waals surface area contributed by atoms with Gasteiger partial charge >= 0.3 is 0 Å². The molecule has 9 heteroatoms. The fourth-order valence-corrected chi connectivity index (χ4v) is 3.36. The summed E-state index contributed by atoms with van der Waals surface area (Å²) < 4.78 is 22.4. The van der Waals surface area contributed by atoms with Crippen molar-refractivity contribution < 1.29 is 13.2 Å². The molecule has 0 atom stereocenters. The van der Waals surface area contributed by atoms with Gasteiger partial charge in [-0.25, -0.2) is 13.4 Å². The lowest BCUT2D eigenvalue weighted by Crippen LogP contribution is -2.45. The van der Waals surface area contributed by atoms with Gasteiger partial charge in [-0.05, 0) is 25.0 Å². The molecule has 6 nitrogen and oxygen atoms in total. The van der Waals surface area contributed by atoms with Crippen LogP contribution in [0.2, 0.25) is 10.2 Å². The summed E-state index contributed by atoms with van der Waals surface area (Å²) in [7, 11) is -2.95. The van der Waals surface area contributed by atoms with E-state index in [0.29, 0.717) is 6.54 Å². The highest BCUT2D eigenvalue weighted by atomic mass is 35.5. The van der Waals surface area contributed by atoms with E-state index in [1.807, 2.05) is 0 Å². The molecule has 2 heterocycles. The highest BCUT2D eigenvalue weighted by molar-refractivity contribution is 7.90. The maximum absolute atomic E-state index is 12.2. The fourth-order valence-electron chi connectivity index (χ4n) is 2.43. The van der Waals surface area contributed by atoms with Crippen molar-refractivity contribution in [2.24, 2.45) is 0 Å². The molecule has 0 bridgehead atoms. The van der Waals surface area contributed by atoms with E-state index in [1.165, 1.54) is 12.3 Å². The van der Waals surface area contributed by atoms with E-state index in [4.69, 9.17) is 23.2 Å². The third-order valence-electron chi connectivity index (χ3n) is 3.73. The number of sulfone groups is 1. The van der Waals surface area contributed by atoms with Crippen LogP contribution in [0.25, 0.3) is 0 Å². The summed E-state index contributed by atoms with van der Waals surface area (Å²) in [6.45, 7) is 2.02. The molecule has 0 aliphatic carbocycles. The van der Waals surface area contributed by atoms with Gasteiger partial charge in [-0.3, -0.25) is 4.79 Å². The molecule has 23 heavy (non-hydrogen) atoms. The predicted octanol–water partition coefficient (Wildman–Crippen LogP) is 1.63. The van der Waals surface area contributed by atoms with E-state index < -0.39 is 9.84 Å². The van der Waals surface area contributed by atoms with Crippen LogP contribution in [0.3, 0.4) is 0 Å². The van der Waals surface area contributed by atoms with E-state index in [-0.39, 0.29) is 33.6 Å². The summed E-state index contributed by atoms with van der Waals surface area (Å²) in [4.78, 5) is 18.3. The second kappa shape index (κ2) is 7.79. The maximum Gasteiger partial charge on any atom is 0.271 e. The van der Waals surface area contributed by atoms with E-state index in [0.717, 1.165) is 25.9 Å². The zero-order valence-corrected chi connectivity index (χ0v) is 15.1. The number of aromatic nitrogens is 1. The van der Waals surface area contributed by atoms with Gasteiger partial charge in [-0.15, -0.1) is 0 Å². The molecule has 2 rings (SSSR count). The van der Waals surface area contributed by atoms with Crippen molar-refractivity contribution in [2.45, 2.75) is 18.9 Å². The minimum atomic E-state index is -2.95. The van der Waals surface area contributed by atoms with Gasteiger partial charge < -0.3 is 10.2 Å². The van der Waals surface area contributed by atoms with Crippen LogP contribution in [-0.4, -0.2) is 61.9 Å². The number of nitrogens with one attached hydrogen (secondary N) is 1. The van der Waals surface area contributed by atoms with Crippen LogP contribution in [0.1, 0.15) is 23.3 Å². The summed E-state index contributed by atoms with van der Waals surface area (Å²) in [6.07, 6.45) is 2.75. The van der Waals surface area contributed by atoms with Crippen molar-refractivity contribution in [2.75, 3.05) is 31.6 Å². The van der Waals surface area contributed by atoms with E-state index in [2.05, 4.69) is 15.2 Å². The first kappa shape index (κ1) is 18.4. The van der Waals surface area contributed by atoms with Crippen LogP contribution < -0.4 is 5.32 Å². The standard InChI is InChI=1S/C14H19Cl2N3O3S/c1-23(21,22)9-8-19-6-4-10(5-7-19)17-14(20)13-11(15)2-3-12(16)18-13/h2-3,10H,4-9H2,1H3,(H,17,20). The molecule has 1 aliphatic rings. The van der Waals surface area contributed by atoms with Crippen LogP contribution in [-0.2, 0) is 9.84 Å². The Hall–Kier alpha value is -0.890. The van der Waals surface area contributed by atoms with Crippen LogP contribution in [0.5, 0.6) is 0 Å². The van der Waals surface area contributed by atoms with E-state index in [9.17, 15) is 13.2 Å². The molecule has 1 aliphatic heterocycles. The third kappa shape index (κ3) is 5.91. The first-order chi connectivity index (χ1) is 10.7. The van der Waals surface area contributed by atoms with E-state index in [1.54, 1.807) is 6.07 Å². The number of hydrogen-bond donors (Lipinski definition) is 1. The number of carbonyl (C=O) groups excluding carboxylic acids is 1. The topological polar surface area (TPSA) is 79.4 Å². The lowest BCUT2D eigenvalue weighted by molar-refractivity contribution is 0.0908. The maximum atomic E-state index is 12.2. The summed E-state index contributed by atoms with van der Waals surface area (Å²) in [5, 5.41) is 3.39. The lowest BCUT2D eigenvalue weighted by atomic mass is 10.0. The number of halogens is 2. The Morgan fingerprint density at radius 3 is 2.61 bits per heavy atom. The molecule has 1 saturated heterocycles. The number of carbonyl (C=O) groups is 1. The minimum Gasteiger partial charge on any atom is -0.348 e. The highest BCUT2D eigenvalue weighted by Crippen LogP contribution is 2.18. The van der Waals surface area contributed by atoms with Gasteiger partial charge in [0.05, 0.1) is 10.8 Å². The second-order valence-electron chi connectivity index (χ2n) is 5.68. The number of likely N-dealkylation sites (tertiary alicyclic amines) is 1. The molecule has 0 saturated carbocycles. The Bertz CT molecular complexity index is 674. The monoisotopic (exact) mass is 379 g/mol. The van der Waals surface area contributed by atoms with Gasteiger partial charge in [0.1, 0.15) is 20.7 Å². The number of rotatable bonds is 5. The minimum absolute atomic E-state index is 0.0221.